The first-order valence-corrected chi connectivity index (χ1v) is 7.91. The van der Waals surface area contributed by atoms with Crippen molar-refractivity contribution >= 4 is 17.7 Å². The fraction of sp³-hybridized carbons (Fsp3) is 0.562. The zero-order valence-electron chi connectivity index (χ0n) is 14.4. The van der Waals surface area contributed by atoms with Crippen molar-refractivity contribution in [2.75, 3.05) is 37.7 Å². The molecule has 2 rings (SSSR count). The highest BCUT2D eigenvalue weighted by Crippen LogP contribution is 2.17. The SMILES string of the molecule is CC(C)(C)COC(=O)N1CCN(c2cc(C(N)=NO)ccn2)CC1. The van der Waals surface area contributed by atoms with Crippen molar-refractivity contribution in [3.63, 3.8) is 0 Å². The summed E-state index contributed by atoms with van der Waals surface area (Å²) in [6.45, 7) is 8.91. The first-order chi connectivity index (χ1) is 11.3. The zero-order valence-corrected chi connectivity index (χ0v) is 14.4. The van der Waals surface area contributed by atoms with Crippen LogP contribution in [0.1, 0.15) is 26.3 Å². The van der Waals surface area contributed by atoms with Crippen LogP contribution in [-0.4, -0.2) is 59.8 Å². The fourth-order valence-electron chi connectivity index (χ4n) is 2.30. The van der Waals surface area contributed by atoms with Gasteiger partial charge in [0.15, 0.2) is 5.84 Å². The maximum Gasteiger partial charge on any atom is 0.409 e. The average Bonchev–Trinajstić information content (AvgIpc) is 2.58. The van der Waals surface area contributed by atoms with Crippen LogP contribution in [0.2, 0.25) is 0 Å². The molecule has 8 nitrogen and oxygen atoms in total. The van der Waals surface area contributed by atoms with Gasteiger partial charge in [0.2, 0.25) is 0 Å². The summed E-state index contributed by atoms with van der Waals surface area (Å²) in [5, 5.41) is 11.8. The molecule has 0 radical (unpaired) electrons. The predicted molar refractivity (Wildman–Crippen MR) is 91.3 cm³/mol. The molecule has 0 bridgehead atoms. The molecular weight excluding hydrogens is 310 g/mol. The second-order valence-corrected chi connectivity index (χ2v) is 6.98. The van der Waals surface area contributed by atoms with E-state index in [0.29, 0.717) is 38.3 Å². The Kier molecular flexibility index (Phi) is 5.48. The number of rotatable bonds is 3. The van der Waals surface area contributed by atoms with Gasteiger partial charge in [-0.2, -0.15) is 0 Å². The Bertz CT molecular complexity index is 604. The number of nitrogens with zero attached hydrogens (tertiary/aromatic N) is 4. The lowest BCUT2D eigenvalue weighted by Gasteiger charge is -2.35. The Hall–Kier alpha value is -2.51. The van der Waals surface area contributed by atoms with Crippen LogP contribution in [-0.2, 0) is 4.74 Å². The van der Waals surface area contributed by atoms with E-state index in [0.717, 1.165) is 5.82 Å². The third kappa shape index (κ3) is 4.74. The number of hydrogen-bond acceptors (Lipinski definition) is 6. The smallest absolute Gasteiger partial charge is 0.409 e. The molecular formula is C16H25N5O3. The van der Waals surface area contributed by atoms with E-state index in [-0.39, 0.29) is 17.3 Å². The quantitative estimate of drug-likeness (QED) is 0.375. The number of nitrogens with two attached hydrogens (primary N) is 1. The van der Waals surface area contributed by atoms with E-state index >= 15 is 0 Å². The van der Waals surface area contributed by atoms with E-state index in [4.69, 9.17) is 15.7 Å². The van der Waals surface area contributed by atoms with E-state index in [9.17, 15) is 4.79 Å². The summed E-state index contributed by atoms with van der Waals surface area (Å²) in [5.41, 5.74) is 6.17. The van der Waals surface area contributed by atoms with Crippen LogP contribution in [0, 0.1) is 5.41 Å². The summed E-state index contributed by atoms with van der Waals surface area (Å²) in [6.07, 6.45) is 1.34. The molecule has 0 unspecified atom stereocenters. The molecule has 8 heteroatoms. The summed E-state index contributed by atoms with van der Waals surface area (Å²) in [5.74, 6) is 0.782. The maximum atomic E-state index is 12.1. The number of amides is 1. The van der Waals surface area contributed by atoms with Gasteiger partial charge in [0.1, 0.15) is 5.82 Å². The Morgan fingerprint density at radius 1 is 1.38 bits per heavy atom. The van der Waals surface area contributed by atoms with E-state index in [1.165, 1.54) is 0 Å². The van der Waals surface area contributed by atoms with Gasteiger partial charge in [-0.3, -0.25) is 0 Å². The first-order valence-electron chi connectivity index (χ1n) is 7.91. The van der Waals surface area contributed by atoms with Gasteiger partial charge in [-0.15, -0.1) is 0 Å². The number of piperazine rings is 1. The maximum absolute atomic E-state index is 12.1. The molecule has 24 heavy (non-hydrogen) atoms. The van der Waals surface area contributed by atoms with E-state index in [1.807, 2.05) is 20.8 Å². The third-order valence-corrected chi connectivity index (χ3v) is 3.64. The van der Waals surface area contributed by atoms with Gasteiger partial charge >= 0.3 is 6.09 Å². The monoisotopic (exact) mass is 335 g/mol. The Balaban J connectivity index is 1.92. The molecule has 1 amide bonds. The molecule has 0 aromatic carbocycles. The number of amidine groups is 1. The van der Waals surface area contributed by atoms with Crippen LogP contribution in [0.15, 0.2) is 23.5 Å². The molecule has 0 saturated carbocycles. The van der Waals surface area contributed by atoms with Crippen LogP contribution < -0.4 is 10.6 Å². The van der Waals surface area contributed by atoms with Crippen molar-refractivity contribution in [1.82, 2.24) is 9.88 Å². The summed E-state index contributed by atoms with van der Waals surface area (Å²) in [7, 11) is 0. The van der Waals surface area contributed by atoms with Gasteiger partial charge in [0.05, 0.1) is 6.61 Å². The molecule has 1 aliphatic rings. The summed E-state index contributed by atoms with van der Waals surface area (Å²) in [4.78, 5) is 20.2. The lowest BCUT2D eigenvalue weighted by molar-refractivity contribution is 0.0707. The highest BCUT2D eigenvalue weighted by Gasteiger charge is 2.24. The number of aromatic nitrogens is 1. The zero-order chi connectivity index (χ0) is 17.7. The molecule has 1 aromatic heterocycles. The largest absolute Gasteiger partial charge is 0.449 e. The minimum Gasteiger partial charge on any atom is -0.449 e. The first kappa shape index (κ1) is 17.8. The summed E-state index contributed by atoms with van der Waals surface area (Å²) in [6, 6.07) is 3.45. The van der Waals surface area contributed by atoms with Crippen LogP contribution in [0.3, 0.4) is 0 Å². The molecule has 1 fully saturated rings. The molecule has 2 heterocycles. The molecule has 1 aliphatic heterocycles. The topological polar surface area (TPSA) is 104 Å². The lowest BCUT2D eigenvalue weighted by atomic mass is 9.99. The van der Waals surface area contributed by atoms with Crippen LogP contribution in [0.5, 0.6) is 0 Å². The highest BCUT2D eigenvalue weighted by atomic mass is 16.6. The second-order valence-electron chi connectivity index (χ2n) is 6.98. The highest BCUT2D eigenvalue weighted by molar-refractivity contribution is 5.97. The van der Waals surface area contributed by atoms with Crippen molar-refractivity contribution in [3.05, 3.63) is 23.9 Å². The van der Waals surface area contributed by atoms with Crippen LogP contribution in [0.25, 0.3) is 0 Å². The number of oxime groups is 1. The number of ether oxygens (including phenoxy) is 1. The second kappa shape index (κ2) is 7.37. The number of carbonyl (C=O) groups excluding carboxylic acids is 1. The van der Waals surface area contributed by atoms with Crippen LogP contribution in [0.4, 0.5) is 10.6 Å². The van der Waals surface area contributed by atoms with Crippen molar-refractivity contribution in [2.45, 2.75) is 20.8 Å². The van der Waals surface area contributed by atoms with Gasteiger partial charge in [0, 0.05) is 37.9 Å². The van der Waals surface area contributed by atoms with Crippen molar-refractivity contribution in [3.8, 4) is 0 Å². The Labute approximate surface area is 141 Å². The minimum absolute atomic E-state index is 0.0445. The molecule has 3 N–H and O–H groups in total. The molecule has 132 valence electrons. The molecule has 1 saturated heterocycles. The number of anilines is 1. The molecule has 0 aliphatic carbocycles. The van der Waals surface area contributed by atoms with E-state index < -0.39 is 0 Å². The number of pyridine rings is 1. The molecule has 0 atom stereocenters. The van der Waals surface area contributed by atoms with Crippen LogP contribution >= 0.6 is 0 Å². The average molecular weight is 335 g/mol. The van der Waals surface area contributed by atoms with Gasteiger partial charge in [-0.25, -0.2) is 9.78 Å². The summed E-state index contributed by atoms with van der Waals surface area (Å²) < 4.78 is 5.34. The van der Waals surface area contributed by atoms with Gasteiger partial charge in [0.25, 0.3) is 0 Å². The van der Waals surface area contributed by atoms with Crippen molar-refractivity contribution in [2.24, 2.45) is 16.3 Å². The molecule has 1 aromatic rings. The fourth-order valence-corrected chi connectivity index (χ4v) is 2.30. The van der Waals surface area contributed by atoms with Gasteiger partial charge in [-0.05, 0) is 17.5 Å². The van der Waals surface area contributed by atoms with Gasteiger partial charge in [-0.1, -0.05) is 25.9 Å². The summed E-state index contributed by atoms with van der Waals surface area (Å²) >= 11 is 0. The Morgan fingerprint density at radius 2 is 2.04 bits per heavy atom. The third-order valence-electron chi connectivity index (χ3n) is 3.64. The lowest BCUT2D eigenvalue weighted by Crippen LogP contribution is -2.49. The van der Waals surface area contributed by atoms with E-state index in [2.05, 4.69) is 15.0 Å². The Morgan fingerprint density at radius 3 is 2.62 bits per heavy atom. The van der Waals surface area contributed by atoms with Crippen molar-refractivity contribution in [1.29, 1.82) is 0 Å². The number of hydrogen-bond donors (Lipinski definition) is 2. The predicted octanol–water partition coefficient (Wildman–Crippen LogP) is 1.48. The normalized spacial score (nSPS) is 16.2. The molecule has 0 spiro atoms. The minimum atomic E-state index is -0.275. The van der Waals surface area contributed by atoms with Crippen molar-refractivity contribution < 1.29 is 14.7 Å². The number of carbonyl (C=O) groups is 1. The van der Waals surface area contributed by atoms with Gasteiger partial charge < -0.3 is 25.5 Å². The standard InChI is InChI=1S/C16H25N5O3/c1-16(2,3)11-24-15(22)21-8-6-20(7-9-21)13-10-12(4-5-18-13)14(17)19-23/h4-5,10,23H,6-9,11H2,1-3H3,(H2,17,19). The van der Waals surface area contributed by atoms with E-state index in [1.54, 1.807) is 23.2 Å².